The fourth-order valence-electron chi connectivity index (χ4n) is 5.00. The number of carbonyl (C=O) groups excluding carboxylic acids is 3. The molecule has 1 spiro atoms. The lowest BCUT2D eigenvalue weighted by Gasteiger charge is -2.38. The van der Waals surface area contributed by atoms with Crippen molar-refractivity contribution in [2.75, 3.05) is 0 Å². The second kappa shape index (κ2) is 8.01. The summed E-state index contributed by atoms with van der Waals surface area (Å²) in [5, 5.41) is 3.64. The average Bonchev–Trinajstić information content (AvgIpc) is 3.28. The summed E-state index contributed by atoms with van der Waals surface area (Å²) in [4.78, 5) is 37.2. The molecule has 0 saturated heterocycles. The number of aromatic nitrogens is 1. The highest BCUT2D eigenvalue weighted by Gasteiger charge is 2.50. The zero-order valence-corrected chi connectivity index (χ0v) is 19.5. The molecular formula is C27H28N2O5. The van der Waals surface area contributed by atoms with Crippen LogP contribution in [0.15, 0.2) is 54.6 Å². The van der Waals surface area contributed by atoms with Gasteiger partial charge < -0.3 is 19.6 Å². The van der Waals surface area contributed by atoms with E-state index in [9.17, 15) is 14.4 Å². The molecule has 3 aromatic rings. The van der Waals surface area contributed by atoms with Gasteiger partial charge in [-0.15, -0.1) is 0 Å². The Hall–Kier alpha value is -3.61. The molecule has 2 atom stereocenters. The number of ether oxygens (including phenoxy) is 2. The zero-order valence-electron chi connectivity index (χ0n) is 19.5. The number of esters is 1. The Morgan fingerprint density at radius 2 is 1.85 bits per heavy atom. The van der Waals surface area contributed by atoms with Crippen molar-refractivity contribution in [3.63, 3.8) is 0 Å². The third kappa shape index (κ3) is 3.75. The fraction of sp³-hybridized carbons (Fsp3) is 0.370. The molecule has 1 aromatic heterocycles. The van der Waals surface area contributed by atoms with E-state index in [2.05, 4.69) is 5.32 Å². The van der Waals surface area contributed by atoms with Crippen LogP contribution in [0.4, 0.5) is 4.79 Å². The first-order chi connectivity index (χ1) is 16.2. The van der Waals surface area contributed by atoms with Gasteiger partial charge in [-0.1, -0.05) is 36.4 Å². The number of fused-ring (bicyclic) bond motifs is 4. The van der Waals surface area contributed by atoms with Gasteiger partial charge in [0.2, 0.25) is 0 Å². The van der Waals surface area contributed by atoms with Crippen LogP contribution < -0.4 is 5.32 Å². The van der Waals surface area contributed by atoms with E-state index in [1.807, 2.05) is 59.2 Å². The maximum atomic E-state index is 12.5. The van der Waals surface area contributed by atoms with Crippen LogP contribution in [0.5, 0.6) is 0 Å². The molecule has 2 heterocycles. The minimum atomic E-state index is -0.841. The van der Waals surface area contributed by atoms with E-state index in [-0.39, 0.29) is 5.97 Å². The Labute approximate surface area is 198 Å². The van der Waals surface area contributed by atoms with Crippen LogP contribution >= 0.6 is 0 Å². The molecule has 176 valence electrons. The first kappa shape index (κ1) is 22.2. The van der Waals surface area contributed by atoms with Gasteiger partial charge in [-0.3, -0.25) is 4.57 Å². The minimum absolute atomic E-state index is 0.297. The summed E-state index contributed by atoms with van der Waals surface area (Å²) in [7, 11) is 0. The van der Waals surface area contributed by atoms with Crippen LogP contribution in [0.25, 0.3) is 10.9 Å². The Morgan fingerprint density at radius 3 is 2.47 bits per heavy atom. The molecule has 5 rings (SSSR count). The number of nitrogens with one attached hydrogen (secondary N) is 1. The van der Waals surface area contributed by atoms with Crippen molar-refractivity contribution in [3.05, 3.63) is 71.4 Å². The zero-order chi connectivity index (χ0) is 24.1. The number of nitrogens with zero attached hydrogens (tertiary/aromatic N) is 1. The lowest BCUT2D eigenvalue weighted by atomic mass is 9.85. The second-order valence-corrected chi connectivity index (χ2v) is 10.1. The Bertz CT molecular complexity index is 1270. The summed E-state index contributed by atoms with van der Waals surface area (Å²) < 4.78 is 13.1. The molecule has 1 saturated carbocycles. The summed E-state index contributed by atoms with van der Waals surface area (Å²) in [6.07, 6.45) is 2.75. The summed E-state index contributed by atoms with van der Waals surface area (Å²) >= 11 is 0. The van der Waals surface area contributed by atoms with Gasteiger partial charge in [0, 0.05) is 24.1 Å². The van der Waals surface area contributed by atoms with Gasteiger partial charge in [0.05, 0.1) is 11.6 Å². The van der Waals surface area contributed by atoms with Crippen molar-refractivity contribution < 1.29 is 23.9 Å². The number of carbonyl (C=O) groups is 3. The minimum Gasteiger partial charge on any atom is -0.444 e. The predicted molar refractivity (Wildman–Crippen MR) is 127 cm³/mol. The molecule has 34 heavy (non-hydrogen) atoms. The monoisotopic (exact) mass is 460 g/mol. The highest BCUT2D eigenvalue weighted by atomic mass is 16.6. The van der Waals surface area contributed by atoms with E-state index >= 15 is 0 Å². The van der Waals surface area contributed by atoms with Gasteiger partial charge in [-0.2, -0.15) is 0 Å². The molecule has 0 radical (unpaired) electrons. The van der Waals surface area contributed by atoms with Gasteiger partial charge in [0.15, 0.2) is 5.72 Å². The lowest BCUT2D eigenvalue weighted by Crippen LogP contribution is -2.43. The molecule has 2 aromatic carbocycles. The number of benzene rings is 2. The van der Waals surface area contributed by atoms with E-state index in [0.717, 1.165) is 47.6 Å². The summed E-state index contributed by atoms with van der Waals surface area (Å²) in [6, 6.07) is 16.5. The maximum Gasteiger partial charge on any atom is 0.408 e. The van der Waals surface area contributed by atoms with Crippen LogP contribution in [-0.2, 0) is 20.0 Å². The molecule has 1 amide bonds. The van der Waals surface area contributed by atoms with Crippen molar-refractivity contribution in [1.82, 2.24) is 9.88 Å². The van der Waals surface area contributed by atoms with Crippen molar-refractivity contribution >= 4 is 29.3 Å². The number of hydrogen-bond donors (Lipinski definition) is 1. The summed E-state index contributed by atoms with van der Waals surface area (Å²) in [5.41, 5.74) is 1.99. The molecule has 7 nitrogen and oxygen atoms in total. The molecule has 1 N–H and O–H groups in total. The third-order valence-corrected chi connectivity index (χ3v) is 6.57. The SMILES string of the molecule is CC(C)(C)OC(=O)N[C@H](C=O)[C@@H](c1ccccc1)c1ccc2c(c1)cc1n2C2(CCC2)OC1=O. The molecule has 1 aliphatic heterocycles. The second-order valence-electron chi connectivity index (χ2n) is 10.1. The van der Waals surface area contributed by atoms with Crippen LogP contribution in [-0.4, -0.2) is 34.6 Å². The lowest BCUT2D eigenvalue weighted by molar-refractivity contribution is -0.109. The number of alkyl carbamates (subject to hydrolysis) is 1. The predicted octanol–water partition coefficient (Wildman–Crippen LogP) is 4.87. The van der Waals surface area contributed by atoms with Crippen molar-refractivity contribution in [1.29, 1.82) is 0 Å². The Morgan fingerprint density at radius 1 is 1.12 bits per heavy atom. The highest BCUT2D eigenvalue weighted by molar-refractivity contribution is 5.98. The van der Waals surface area contributed by atoms with Crippen molar-refractivity contribution in [3.8, 4) is 0 Å². The van der Waals surface area contributed by atoms with E-state index in [1.165, 1.54) is 0 Å². The fourth-order valence-corrected chi connectivity index (χ4v) is 5.00. The van der Waals surface area contributed by atoms with Gasteiger partial charge in [-0.05, 0) is 56.5 Å². The van der Waals surface area contributed by atoms with Gasteiger partial charge in [-0.25, -0.2) is 9.59 Å². The molecule has 0 bridgehead atoms. The van der Waals surface area contributed by atoms with Crippen LogP contribution in [0.3, 0.4) is 0 Å². The van der Waals surface area contributed by atoms with Crippen LogP contribution in [0.1, 0.15) is 67.6 Å². The molecular weight excluding hydrogens is 432 g/mol. The van der Waals surface area contributed by atoms with Crippen molar-refractivity contribution in [2.45, 2.75) is 63.3 Å². The quantitative estimate of drug-likeness (QED) is 0.434. The van der Waals surface area contributed by atoms with Gasteiger partial charge in [0.25, 0.3) is 0 Å². The third-order valence-electron chi connectivity index (χ3n) is 6.57. The number of rotatable bonds is 5. The van der Waals surface area contributed by atoms with E-state index in [4.69, 9.17) is 9.47 Å². The van der Waals surface area contributed by atoms with E-state index in [1.54, 1.807) is 20.8 Å². The highest BCUT2D eigenvalue weighted by Crippen LogP contribution is 2.48. The smallest absolute Gasteiger partial charge is 0.408 e. The molecule has 7 heteroatoms. The van der Waals surface area contributed by atoms with E-state index < -0.39 is 29.4 Å². The molecule has 1 fully saturated rings. The Balaban J connectivity index is 1.55. The average molecular weight is 461 g/mol. The first-order valence-electron chi connectivity index (χ1n) is 11.6. The van der Waals surface area contributed by atoms with E-state index in [0.29, 0.717) is 5.69 Å². The standard InChI is InChI=1S/C27H28N2O5/c1-26(2,3)34-25(32)28-20(16-30)23(17-8-5-4-6-9-17)18-10-11-21-19(14-18)15-22-24(31)33-27(29(21)22)12-7-13-27/h4-6,8-11,14-16,20,23H,7,12-13H2,1-3H3,(H,28,32)/t20-,23+/m1/s1. The van der Waals surface area contributed by atoms with Crippen LogP contribution in [0.2, 0.25) is 0 Å². The van der Waals surface area contributed by atoms with Crippen molar-refractivity contribution in [2.24, 2.45) is 0 Å². The maximum absolute atomic E-state index is 12.5. The normalized spacial score (nSPS) is 18.0. The van der Waals surface area contributed by atoms with Gasteiger partial charge >= 0.3 is 12.1 Å². The Kier molecular flexibility index (Phi) is 5.23. The largest absolute Gasteiger partial charge is 0.444 e. The van der Waals surface area contributed by atoms with Crippen LogP contribution in [0, 0.1) is 0 Å². The molecule has 1 aliphatic carbocycles. The molecule has 0 unspecified atom stereocenters. The number of hydrogen-bond acceptors (Lipinski definition) is 5. The first-order valence-corrected chi connectivity index (χ1v) is 11.6. The number of aldehydes is 1. The molecule has 2 aliphatic rings. The topological polar surface area (TPSA) is 86.6 Å². The summed E-state index contributed by atoms with van der Waals surface area (Å²) in [5.74, 6) is -0.732. The number of amides is 1. The summed E-state index contributed by atoms with van der Waals surface area (Å²) in [6.45, 7) is 5.33. The van der Waals surface area contributed by atoms with Gasteiger partial charge in [0.1, 0.15) is 17.6 Å².